The summed E-state index contributed by atoms with van der Waals surface area (Å²) in [6, 6.07) is 10.3. The predicted molar refractivity (Wildman–Crippen MR) is 171 cm³/mol. The maximum atomic E-state index is 15.8. The molecule has 0 N–H and O–H groups in total. The summed E-state index contributed by atoms with van der Waals surface area (Å²) < 4.78 is 200. The molecule has 0 bridgehead atoms. The minimum absolute atomic E-state index is 0.0238. The molecule has 3 nitrogen and oxygen atoms in total. The van der Waals surface area contributed by atoms with Crippen LogP contribution in [0.25, 0.3) is 33.4 Å². The first kappa shape index (κ1) is 34.7. The molecule has 0 spiro atoms. The second kappa shape index (κ2) is 12.2. The first-order chi connectivity index (χ1) is 26.3. The molecule has 0 fully saturated rings. The van der Waals surface area contributed by atoms with E-state index in [0.29, 0.717) is 0 Å². The number of hydrogen-bond acceptors (Lipinski definition) is 3. The largest absolute Gasteiger partial charge is 0.864 e. The van der Waals surface area contributed by atoms with Crippen LogP contribution in [0.4, 0.5) is 52.7 Å². The van der Waals surface area contributed by atoms with E-state index in [-0.39, 0.29) is 16.7 Å². The van der Waals surface area contributed by atoms with Gasteiger partial charge in [-0.3, -0.25) is 0 Å². The van der Waals surface area contributed by atoms with Gasteiger partial charge in [0, 0.05) is 69.3 Å². The normalized spacial score (nSPS) is 12.9. The molecule has 6 aromatic rings. The van der Waals surface area contributed by atoms with Crippen molar-refractivity contribution in [1.29, 1.82) is 0 Å². The van der Waals surface area contributed by atoms with Gasteiger partial charge < -0.3 is 14.0 Å². The first-order valence-electron chi connectivity index (χ1n) is 16.2. The van der Waals surface area contributed by atoms with E-state index in [1.165, 1.54) is 36.4 Å². The Morgan fingerprint density at radius 1 is 0.327 bits per heavy atom. The van der Waals surface area contributed by atoms with Gasteiger partial charge >= 0.3 is 7.32 Å². The molecule has 276 valence electrons. The van der Waals surface area contributed by atoms with Gasteiger partial charge in [0.05, 0.1) is 0 Å². The fraction of sp³-hybridized carbons (Fsp3) is 0.0769. The summed E-state index contributed by atoms with van der Waals surface area (Å²) in [6.45, 7) is 0. The van der Waals surface area contributed by atoms with Crippen molar-refractivity contribution in [3.8, 4) is 50.6 Å². The van der Waals surface area contributed by atoms with Crippen molar-refractivity contribution in [3.05, 3.63) is 158 Å². The van der Waals surface area contributed by atoms with Crippen LogP contribution in [0.15, 0.2) is 54.6 Å². The summed E-state index contributed by atoms with van der Waals surface area (Å²) in [5.41, 5.74) is -5.49. The molecule has 0 saturated heterocycles. The van der Waals surface area contributed by atoms with Crippen LogP contribution >= 0.6 is 0 Å². The van der Waals surface area contributed by atoms with E-state index in [1.807, 2.05) is 0 Å². The van der Waals surface area contributed by atoms with Crippen molar-refractivity contribution >= 4 is 7.32 Å². The monoisotopic (exact) mass is 770 g/mol. The Labute approximate surface area is 301 Å². The minimum atomic E-state index is -2.91. The van der Waals surface area contributed by atoms with E-state index in [0.717, 1.165) is 18.2 Å². The lowest BCUT2D eigenvalue weighted by atomic mass is 10.0. The van der Waals surface area contributed by atoms with E-state index in [1.54, 1.807) is 0 Å². The van der Waals surface area contributed by atoms with Gasteiger partial charge in [-0.1, -0.05) is 36.4 Å². The fourth-order valence-electron chi connectivity index (χ4n) is 7.63. The Balaban J connectivity index is 1.24. The number of benzene rings is 6. The molecule has 0 amide bonds. The van der Waals surface area contributed by atoms with Crippen LogP contribution in [0.3, 0.4) is 0 Å². The number of fused-ring (bicyclic) bond motifs is 9. The maximum Gasteiger partial charge on any atom is 0.864 e. The first-order valence-corrected chi connectivity index (χ1v) is 16.2. The summed E-state index contributed by atoms with van der Waals surface area (Å²) in [5, 5.41) is 0. The molecule has 0 aliphatic heterocycles. The summed E-state index contributed by atoms with van der Waals surface area (Å²) >= 11 is 0. The topological polar surface area (TPSA) is 27.7 Å². The van der Waals surface area contributed by atoms with Crippen molar-refractivity contribution in [1.82, 2.24) is 0 Å². The van der Waals surface area contributed by atoms with Gasteiger partial charge in [-0.2, -0.15) is 13.2 Å². The molecule has 55 heavy (non-hydrogen) atoms. The Kier molecular flexibility index (Phi) is 7.72. The summed E-state index contributed by atoms with van der Waals surface area (Å²) in [5.74, 6) is -25.4. The molecule has 0 unspecified atom stereocenters. The van der Waals surface area contributed by atoms with Crippen LogP contribution in [0.1, 0.15) is 33.4 Å². The van der Waals surface area contributed by atoms with Crippen LogP contribution in [0, 0.1) is 69.8 Å². The van der Waals surface area contributed by atoms with E-state index < -0.39 is 164 Å². The van der Waals surface area contributed by atoms with Gasteiger partial charge in [0.25, 0.3) is 0 Å². The van der Waals surface area contributed by atoms with Gasteiger partial charge in [0.15, 0.2) is 34.9 Å². The number of rotatable bonds is 6. The lowest BCUT2D eigenvalue weighted by Crippen LogP contribution is -2.39. The zero-order valence-electron chi connectivity index (χ0n) is 27.2. The molecule has 0 aromatic heterocycles. The second-order valence-electron chi connectivity index (χ2n) is 12.9. The molecule has 0 atom stereocenters. The predicted octanol–water partition coefficient (Wildman–Crippen LogP) is 10.6. The number of halogens is 12. The lowest BCUT2D eigenvalue weighted by Gasteiger charge is -2.22. The average Bonchev–Trinajstić information content (AvgIpc) is 3.87. The van der Waals surface area contributed by atoms with Gasteiger partial charge in [-0.25, -0.2) is 39.5 Å². The molecule has 9 rings (SSSR count). The maximum absolute atomic E-state index is 15.8. The molecular weight excluding hydrogens is 755 g/mol. The third kappa shape index (κ3) is 4.88. The zero-order chi connectivity index (χ0) is 38.8. The van der Waals surface area contributed by atoms with Gasteiger partial charge in [0.2, 0.25) is 17.5 Å². The minimum Gasteiger partial charge on any atom is -0.486 e. The van der Waals surface area contributed by atoms with Crippen LogP contribution in [0.5, 0.6) is 17.2 Å². The van der Waals surface area contributed by atoms with E-state index in [4.69, 9.17) is 14.0 Å². The average molecular weight is 770 g/mol. The highest BCUT2D eigenvalue weighted by Gasteiger charge is 2.44. The second-order valence-corrected chi connectivity index (χ2v) is 12.9. The molecule has 16 heteroatoms. The van der Waals surface area contributed by atoms with E-state index in [2.05, 4.69) is 0 Å². The Bertz CT molecular complexity index is 2430. The smallest absolute Gasteiger partial charge is 0.486 e. The van der Waals surface area contributed by atoms with Gasteiger partial charge in [-0.15, -0.1) is 0 Å². The third-order valence-corrected chi connectivity index (χ3v) is 9.93. The quantitative estimate of drug-likeness (QED) is 0.0958. The zero-order valence-corrected chi connectivity index (χ0v) is 27.2. The summed E-state index contributed by atoms with van der Waals surface area (Å²) in [7, 11) is -2.91. The molecule has 3 aliphatic carbocycles. The molecule has 0 radical (unpaired) electrons. The van der Waals surface area contributed by atoms with E-state index >= 15 is 39.5 Å². The van der Waals surface area contributed by atoms with Crippen molar-refractivity contribution < 1.29 is 66.6 Å². The molecule has 0 heterocycles. The van der Waals surface area contributed by atoms with Crippen LogP contribution < -0.4 is 14.0 Å². The summed E-state index contributed by atoms with van der Waals surface area (Å²) in [6.07, 6.45) is -1.57. The SMILES string of the molecule is Fc1cccc2c1-c1c(F)c(F)c(F)c(OB(Oc3c(F)c(F)c(F)c4c3Cc3cccc(F)c3-4)Oc3c(F)c(F)c(F)c4c3Cc3cccc(F)c3-4)c1C2. The van der Waals surface area contributed by atoms with Crippen molar-refractivity contribution in [2.45, 2.75) is 19.3 Å². The Morgan fingerprint density at radius 2 is 0.600 bits per heavy atom. The highest BCUT2D eigenvalue weighted by Crippen LogP contribution is 2.50. The summed E-state index contributed by atoms with van der Waals surface area (Å²) in [4.78, 5) is 0. The Morgan fingerprint density at radius 3 is 0.873 bits per heavy atom. The molecule has 3 aliphatic rings. The molecule has 0 saturated carbocycles. The lowest BCUT2D eigenvalue weighted by molar-refractivity contribution is 0.275. The standard InChI is InChI=1S/C39H15BF12O3/c41-19-7-1-4-13-10-16-25(22(13)19)28(44)31(47)34(50)37(16)53-40(54-38-17-11-14-5-2-8-20(42)23(14)26(17)29(45)32(48)35(38)51)55-39-18-12-15-6-3-9-21(43)24(15)27(18)30(46)33(49)36(39)52/h1-9H,10-12H2. The van der Waals surface area contributed by atoms with E-state index in [9.17, 15) is 13.2 Å². The van der Waals surface area contributed by atoms with Crippen LogP contribution in [0.2, 0.25) is 0 Å². The third-order valence-electron chi connectivity index (χ3n) is 9.93. The highest BCUT2D eigenvalue weighted by atomic mass is 19.2. The van der Waals surface area contributed by atoms with Gasteiger partial charge in [0.1, 0.15) is 34.7 Å². The molecular formula is C39H15BF12O3. The van der Waals surface area contributed by atoms with Crippen LogP contribution in [-0.2, 0) is 19.3 Å². The fourth-order valence-corrected chi connectivity index (χ4v) is 7.63. The van der Waals surface area contributed by atoms with Crippen LogP contribution in [-0.4, -0.2) is 7.32 Å². The van der Waals surface area contributed by atoms with Crippen molar-refractivity contribution in [3.63, 3.8) is 0 Å². The highest BCUT2D eigenvalue weighted by molar-refractivity contribution is 6.40. The van der Waals surface area contributed by atoms with Crippen molar-refractivity contribution in [2.75, 3.05) is 0 Å². The molecule has 6 aromatic carbocycles. The van der Waals surface area contributed by atoms with Crippen molar-refractivity contribution in [2.24, 2.45) is 0 Å². The van der Waals surface area contributed by atoms with Gasteiger partial charge in [-0.05, 0) is 34.9 Å². The Hall–Kier alpha value is -6.06. The number of hydrogen-bond donors (Lipinski definition) is 0.